The van der Waals surface area contributed by atoms with E-state index in [-0.39, 0.29) is 30.0 Å². The zero-order valence-corrected chi connectivity index (χ0v) is 16.0. The third kappa shape index (κ3) is 4.90. The van der Waals surface area contributed by atoms with E-state index in [1.807, 2.05) is 0 Å². The summed E-state index contributed by atoms with van der Waals surface area (Å²) >= 11 is 3.24. The fourth-order valence-corrected chi connectivity index (χ4v) is 4.12. The quantitative estimate of drug-likeness (QED) is 0.656. The zero-order valence-electron chi connectivity index (χ0n) is 12.8. The molecule has 132 valence electrons. The number of ether oxygens (including phenoxy) is 1. The Morgan fingerprint density at radius 3 is 2.72 bits per heavy atom. The van der Waals surface area contributed by atoms with Crippen molar-refractivity contribution in [3.05, 3.63) is 41.1 Å². The fourth-order valence-electron chi connectivity index (χ4n) is 2.60. The van der Waals surface area contributed by atoms with Crippen LogP contribution >= 0.6 is 26.6 Å². The first-order chi connectivity index (χ1) is 11.8. The lowest BCUT2D eigenvalue weighted by Crippen LogP contribution is -2.25. The summed E-state index contributed by atoms with van der Waals surface area (Å²) in [5.74, 6) is -0.225. The largest absolute Gasteiger partial charge is 0.424 e. The fraction of sp³-hybridized carbons (Fsp3) is 0.267. The molecule has 1 unspecified atom stereocenters. The molecule has 10 heteroatoms. The molecular formula is C15H13BrClN3O4S. The molecule has 0 N–H and O–H groups in total. The van der Waals surface area contributed by atoms with Crippen molar-refractivity contribution in [3.8, 4) is 11.8 Å². The molecule has 0 bridgehead atoms. The molecule has 1 saturated heterocycles. The lowest BCUT2D eigenvalue weighted by Gasteiger charge is -2.17. The van der Waals surface area contributed by atoms with E-state index in [2.05, 4.69) is 25.9 Å². The summed E-state index contributed by atoms with van der Waals surface area (Å²) in [6.07, 6.45) is 3.27. The molecule has 1 aliphatic rings. The molecule has 1 fully saturated rings. The van der Waals surface area contributed by atoms with E-state index in [0.29, 0.717) is 18.0 Å². The molecule has 2 heterocycles. The van der Waals surface area contributed by atoms with Gasteiger partial charge in [0.2, 0.25) is 15.0 Å². The van der Waals surface area contributed by atoms with Crippen LogP contribution in [0.3, 0.4) is 0 Å². The molecule has 2 aromatic rings. The van der Waals surface area contributed by atoms with E-state index in [4.69, 9.17) is 15.4 Å². The number of amides is 1. The van der Waals surface area contributed by atoms with Crippen LogP contribution in [-0.2, 0) is 13.8 Å². The second-order valence-electron chi connectivity index (χ2n) is 5.56. The van der Waals surface area contributed by atoms with Crippen molar-refractivity contribution in [2.24, 2.45) is 5.92 Å². The second-order valence-corrected chi connectivity index (χ2v) is 9.30. The Morgan fingerprint density at radius 2 is 2.04 bits per heavy atom. The van der Waals surface area contributed by atoms with Gasteiger partial charge in [0.25, 0.3) is 0 Å². The minimum atomic E-state index is -3.64. The number of rotatable bonds is 5. The minimum absolute atomic E-state index is 0.146. The first-order valence-electron chi connectivity index (χ1n) is 7.28. The molecule has 1 aliphatic heterocycles. The maximum absolute atomic E-state index is 12.2. The van der Waals surface area contributed by atoms with Crippen LogP contribution in [-0.4, -0.2) is 36.6 Å². The van der Waals surface area contributed by atoms with E-state index < -0.39 is 9.05 Å². The van der Waals surface area contributed by atoms with Crippen molar-refractivity contribution in [1.29, 1.82) is 0 Å². The second kappa shape index (κ2) is 7.27. The highest BCUT2D eigenvalue weighted by Crippen LogP contribution is 2.30. The highest BCUT2D eigenvalue weighted by molar-refractivity contribution is 9.10. The van der Waals surface area contributed by atoms with Gasteiger partial charge in [0.1, 0.15) is 5.75 Å². The number of anilines is 1. The van der Waals surface area contributed by atoms with Crippen molar-refractivity contribution in [3.63, 3.8) is 0 Å². The summed E-state index contributed by atoms with van der Waals surface area (Å²) in [6.45, 7) is 0.295. The van der Waals surface area contributed by atoms with Gasteiger partial charge < -0.3 is 9.64 Å². The Hall–Kier alpha value is -1.71. The first-order valence-corrected chi connectivity index (χ1v) is 10.6. The van der Waals surface area contributed by atoms with Crippen LogP contribution in [0.1, 0.15) is 6.42 Å². The normalized spacial score (nSPS) is 17.8. The lowest BCUT2D eigenvalue weighted by molar-refractivity contribution is -0.117. The van der Waals surface area contributed by atoms with Gasteiger partial charge >= 0.3 is 6.01 Å². The van der Waals surface area contributed by atoms with E-state index in [9.17, 15) is 13.2 Å². The summed E-state index contributed by atoms with van der Waals surface area (Å²) in [5, 5.41) is 0. The standard InChI is InChI=1S/C15H13BrClN3O4S/c16-11-6-18-15(19-7-11)24-13-3-1-2-12(5-13)20-8-10(4-14(20)21)9-25(17,22)23/h1-3,5-7,10H,4,8-9H2. The van der Waals surface area contributed by atoms with Crippen molar-refractivity contribution >= 4 is 47.3 Å². The predicted octanol–water partition coefficient (Wildman–Crippen LogP) is 2.95. The van der Waals surface area contributed by atoms with Gasteiger partial charge in [0.05, 0.1) is 10.2 Å². The van der Waals surface area contributed by atoms with Crippen LogP contribution in [0.5, 0.6) is 11.8 Å². The van der Waals surface area contributed by atoms with Crippen molar-refractivity contribution in [1.82, 2.24) is 9.97 Å². The highest BCUT2D eigenvalue weighted by Gasteiger charge is 2.33. The minimum Gasteiger partial charge on any atom is -0.424 e. The molecular weight excluding hydrogens is 434 g/mol. The van der Waals surface area contributed by atoms with E-state index in [1.54, 1.807) is 36.7 Å². The number of nitrogens with zero attached hydrogens (tertiary/aromatic N) is 3. The Balaban J connectivity index is 1.75. The molecule has 0 radical (unpaired) electrons. The number of benzene rings is 1. The van der Waals surface area contributed by atoms with Crippen LogP contribution in [0.2, 0.25) is 0 Å². The molecule has 1 aromatic heterocycles. The van der Waals surface area contributed by atoms with Crippen LogP contribution in [0, 0.1) is 5.92 Å². The third-order valence-corrected chi connectivity index (χ3v) is 5.23. The number of hydrogen-bond acceptors (Lipinski definition) is 6. The molecule has 3 rings (SSSR count). The maximum atomic E-state index is 12.2. The molecule has 1 amide bonds. The zero-order chi connectivity index (χ0) is 18.0. The van der Waals surface area contributed by atoms with Gasteiger partial charge in [-0.05, 0) is 28.1 Å². The van der Waals surface area contributed by atoms with E-state index in [0.717, 1.165) is 4.47 Å². The topological polar surface area (TPSA) is 89.5 Å². The number of halogens is 2. The van der Waals surface area contributed by atoms with Gasteiger partial charge in [-0.1, -0.05) is 6.07 Å². The number of carbonyl (C=O) groups excluding carboxylic acids is 1. The highest BCUT2D eigenvalue weighted by atomic mass is 79.9. The van der Waals surface area contributed by atoms with E-state index >= 15 is 0 Å². The number of hydrogen-bond donors (Lipinski definition) is 0. The van der Waals surface area contributed by atoms with Crippen LogP contribution < -0.4 is 9.64 Å². The molecule has 1 aromatic carbocycles. The molecule has 1 atom stereocenters. The Labute approximate surface area is 157 Å². The average molecular weight is 447 g/mol. The SMILES string of the molecule is O=C1CC(CS(=O)(=O)Cl)CN1c1cccc(Oc2ncc(Br)cn2)c1. The Morgan fingerprint density at radius 1 is 1.32 bits per heavy atom. The van der Waals surface area contributed by atoms with Crippen molar-refractivity contribution in [2.75, 3.05) is 17.2 Å². The van der Waals surface area contributed by atoms with Crippen LogP contribution in [0.25, 0.3) is 0 Å². The van der Waals surface area contributed by atoms with Gasteiger partial charge in [0.15, 0.2) is 0 Å². The predicted molar refractivity (Wildman–Crippen MR) is 96.3 cm³/mol. The van der Waals surface area contributed by atoms with Gasteiger partial charge in [-0.15, -0.1) is 0 Å². The van der Waals surface area contributed by atoms with Gasteiger partial charge in [-0.3, -0.25) is 4.79 Å². The molecule has 25 heavy (non-hydrogen) atoms. The maximum Gasteiger partial charge on any atom is 0.321 e. The third-order valence-electron chi connectivity index (χ3n) is 3.57. The summed E-state index contributed by atoms with van der Waals surface area (Å²) < 4.78 is 28.7. The van der Waals surface area contributed by atoms with Crippen LogP contribution in [0.4, 0.5) is 5.69 Å². The van der Waals surface area contributed by atoms with E-state index in [1.165, 1.54) is 4.90 Å². The van der Waals surface area contributed by atoms with Crippen molar-refractivity contribution in [2.45, 2.75) is 6.42 Å². The smallest absolute Gasteiger partial charge is 0.321 e. The van der Waals surface area contributed by atoms with Crippen molar-refractivity contribution < 1.29 is 17.9 Å². The lowest BCUT2D eigenvalue weighted by atomic mass is 10.1. The summed E-state index contributed by atoms with van der Waals surface area (Å²) in [6, 6.07) is 7.07. The summed E-state index contributed by atoms with van der Waals surface area (Å²) in [4.78, 5) is 21.8. The van der Waals surface area contributed by atoms with Gasteiger partial charge in [0, 0.05) is 53.7 Å². The summed E-state index contributed by atoms with van der Waals surface area (Å²) in [7, 11) is 1.65. The molecule has 0 saturated carbocycles. The van der Waals surface area contributed by atoms with Gasteiger partial charge in [-0.2, -0.15) is 0 Å². The molecule has 7 nitrogen and oxygen atoms in total. The van der Waals surface area contributed by atoms with Gasteiger partial charge in [-0.25, -0.2) is 18.4 Å². The summed E-state index contributed by atoms with van der Waals surface area (Å²) in [5.41, 5.74) is 0.620. The Bertz CT molecular complexity index is 892. The number of carbonyl (C=O) groups is 1. The first kappa shape index (κ1) is 18.1. The Kier molecular flexibility index (Phi) is 5.26. The van der Waals surface area contributed by atoms with Crippen LogP contribution in [0.15, 0.2) is 41.1 Å². The molecule has 0 spiro atoms. The number of aromatic nitrogens is 2. The monoisotopic (exact) mass is 445 g/mol. The molecule has 0 aliphatic carbocycles. The average Bonchev–Trinajstić information content (AvgIpc) is 2.88.